The molecule has 5 rings (SSSR count). The van der Waals surface area contributed by atoms with Gasteiger partial charge in [-0.2, -0.15) is 0 Å². The highest BCUT2D eigenvalue weighted by Gasteiger charge is 2.42. The SMILES string of the molecule is COc1cc(-c2cc(C(=O)N[C@@H](C)[C@H]3C[C@H]4CC[C@H]3C4)c3ccccc3n2)cc(OC)c1OC. The van der Waals surface area contributed by atoms with E-state index < -0.39 is 0 Å². The van der Waals surface area contributed by atoms with E-state index in [0.29, 0.717) is 34.4 Å². The van der Waals surface area contributed by atoms with Gasteiger partial charge >= 0.3 is 0 Å². The van der Waals surface area contributed by atoms with Gasteiger partial charge in [-0.3, -0.25) is 4.79 Å². The van der Waals surface area contributed by atoms with E-state index in [-0.39, 0.29) is 11.9 Å². The van der Waals surface area contributed by atoms with Crippen molar-refractivity contribution in [3.05, 3.63) is 48.0 Å². The molecule has 2 aliphatic rings. The number of ether oxygens (including phenoxy) is 3. The summed E-state index contributed by atoms with van der Waals surface area (Å²) >= 11 is 0. The van der Waals surface area contributed by atoms with Crippen molar-refractivity contribution in [1.82, 2.24) is 10.3 Å². The van der Waals surface area contributed by atoms with E-state index in [9.17, 15) is 4.79 Å². The van der Waals surface area contributed by atoms with Crippen molar-refractivity contribution < 1.29 is 19.0 Å². The summed E-state index contributed by atoms with van der Waals surface area (Å²) in [5.41, 5.74) is 2.86. The molecule has 6 heteroatoms. The molecular formula is C28H32N2O4. The van der Waals surface area contributed by atoms with Crippen LogP contribution in [-0.4, -0.2) is 38.3 Å². The van der Waals surface area contributed by atoms with Gasteiger partial charge in [0.1, 0.15) is 0 Å². The van der Waals surface area contributed by atoms with Gasteiger partial charge < -0.3 is 19.5 Å². The van der Waals surface area contributed by atoms with Crippen LogP contribution in [-0.2, 0) is 0 Å². The number of carbonyl (C=O) groups excluding carboxylic acids is 1. The third-order valence-corrected chi connectivity index (χ3v) is 7.72. The smallest absolute Gasteiger partial charge is 0.252 e. The average molecular weight is 461 g/mol. The molecule has 0 spiro atoms. The summed E-state index contributed by atoms with van der Waals surface area (Å²) < 4.78 is 16.5. The zero-order chi connectivity index (χ0) is 23.8. The van der Waals surface area contributed by atoms with Gasteiger partial charge in [-0.25, -0.2) is 4.98 Å². The molecule has 1 N–H and O–H groups in total. The molecule has 178 valence electrons. The fourth-order valence-electron chi connectivity index (χ4n) is 6.04. The van der Waals surface area contributed by atoms with Crippen molar-refractivity contribution in [2.45, 2.75) is 38.6 Å². The number of hydrogen-bond donors (Lipinski definition) is 1. The van der Waals surface area contributed by atoms with Gasteiger partial charge in [0.05, 0.1) is 38.1 Å². The molecule has 0 radical (unpaired) electrons. The minimum atomic E-state index is -0.0532. The molecule has 4 atom stereocenters. The van der Waals surface area contributed by atoms with Crippen molar-refractivity contribution in [2.24, 2.45) is 17.8 Å². The Hall–Kier alpha value is -3.28. The first-order valence-electron chi connectivity index (χ1n) is 12.0. The lowest BCUT2D eigenvalue weighted by molar-refractivity contribution is 0.0917. The van der Waals surface area contributed by atoms with Crippen molar-refractivity contribution >= 4 is 16.8 Å². The van der Waals surface area contributed by atoms with E-state index in [1.54, 1.807) is 21.3 Å². The number of fused-ring (bicyclic) bond motifs is 3. The maximum Gasteiger partial charge on any atom is 0.252 e. The molecule has 2 saturated carbocycles. The summed E-state index contributed by atoms with van der Waals surface area (Å²) in [4.78, 5) is 18.4. The zero-order valence-electron chi connectivity index (χ0n) is 20.3. The number of methoxy groups -OCH3 is 3. The summed E-state index contributed by atoms with van der Waals surface area (Å²) in [6, 6.07) is 13.5. The van der Waals surface area contributed by atoms with Gasteiger partial charge in [0.2, 0.25) is 5.75 Å². The largest absolute Gasteiger partial charge is 0.493 e. The van der Waals surface area contributed by atoms with Crippen LogP contribution in [0.5, 0.6) is 17.2 Å². The number of benzene rings is 2. The Bertz CT molecular complexity index is 1200. The number of pyridine rings is 1. The first kappa shape index (κ1) is 22.5. The van der Waals surface area contributed by atoms with Gasteiger partial charge in [-0.15, -0.1) is 0 Å². The minimum Gasteiger partial charge on any atom is -0.493 e. The maximum absolute atomic E-state index is 13.6. The number of carbonyl (C=O) groups is 1. The summed E-state index contributed by atoms with van der Waals surface area (Å²) in [6.07, 6.45) is 5.22. The number of amides is 1. The average Bonchev–Trinajstić information content (AvgIpc) is 3.51. The molecule has 2 aromatic carbocycles. The molecule has 34 heavy (non-hydrogen) atoms. The predicted molar refractivity (Wildman–Crippen MR) is 133 cm³/mol. The minimum absolute atomic E-state index is 0.0532. The normalized spacial score (nSPS) is 21.9. The van der Waals surface area contributed by atoms with Crippen molar-refractivity contribution in [3.8, 4) is 28.5 Å². The first-order chi connectivity index (χ1) is 16.5. The van der Waals surface area contributed by atoms with Crippen LogP contribution in [0.3, 0.4) is 0 Å². The van der Waals surface area contributed by atoms with Crippen LogP contribution in [0, 0.1) is 17.8 Å². The number of nitrogens with zero attached hydrogens (tertiary/aromatic N) is 1. The number of rotatable bonds is 7. The molecule has 6 nitrogen and oxygen atoms in total. The van der Waals surface area contributed by atoms with E-state index in [1.165, 1.54) is 25.7 Å². The Labute approximate surface area is 200 Å². The second-order valence-corrected chi connectivity index (χ2v) is 9.59. The molecular weight excluding hydrogens is 428 g/mol. The molecule has 0 aliphatic heterocycles. The summed E-state index contributed by atoms with van der Waals surface area (Å²) in [5.74, 6) is 3.73. The Morgan fingerprint density at radius 1 is 1.00 bits per heavy atom. The molecule has 0 unspecified atom stereocenters. The lowest BCUT2D eigenvalue weighted by atomic mass is 9.84. The second-order valence-electron chi connectivity index (χ2n) is 9.59. The number of aromatic nitrogens is 1. The summed E-state index contributed by atoms with van der Waals surface area (Å²) in [6.45, 7) is 2.16. The summed E-state index contributed by atoms with van der Waals surface area (Å²) in [7, 11) is 4.75. The molecule has 1 heterocycles. The lowest BCUT2D eigenvalue weighted by Gasteiger charge is -2.28. The highest BCUT2D eigenvalue weighted by Crippen LogP contribution is 2.49. The Balaban J connectivity index is 1.53. The lowest BCUT2D eigenvalue weighted by Crippen LogP contribution is -2.40. The van der Waals surface area contributed by atoms with Crippen LogP contribution in [0.15, 0.2) is 42.5 Å². The predicted octanol–water partition coefficient (Wildman–Crippen LogP) is 5.48. The molecule has 3 aromatic rings. The fourth-order valence-corrected chi connectivity index (χ4v) is 6.04. The number of nitrogens with one attached hydrogen (secondary N) is 1. The van der Waals surface area contributed by atoms with Crippen molar-refractivity contribution in [1.29, 1.82) is 0 Å². The Morgan fingerprint density at radius 2 is 1.74 bits per heavy atom. The molecule has 2 fully saturated rings. The second kappa shape index (κ2) is 9.16. The third kappa shape index (κ3) is 3.95. The van der Waals surface area contributed by atoms with Crippen LogP contribution in [0.2, 0.25) is 0 Å². The monoisotopic (exact) mass is 460 g/mol. The molecule has 0 saturated heterocycles. The van der Waals surface area contributed by atoms with E-state index >= 15 is 0 Å². The Kier molecular flexibility index (Phi) is 6.07. The van der Waals surface area contributed by atoms with Crippen molar-refractivity contribution in [2.75, 3.05) is 21.3 Å². The molecule has 1 amide bonds. The first-order valence-corrected chi connectivity index (χ1v) is 12.0. The molecule has 2 bridgehead atoms. The van der Waals surface area contributed by atoms with E-state index in [1.807, 2.05) is 42.5 Å². The number of hydrogen-bond acceptors (Lipinski definition) is 5. The van der Waals surface area contributed by atoms with E-state index in [0.717, 1.165) is 28.3 Å². The molecule has 1 aromatic heterocycles. The van der Waals surface area contributed by atoms with Gasteiger partial charge in [0.25, 0.3) is 5.91 Å². The van der Waals surface area contributed by atoms with E-state index in [4.69, 9.17) is 19.2 Å². The van der Waals surface area contributed by atoms with Crippen molar-refractivity contribution in [3.63, 3.8) is 0 Å². The standard InChI is InChI=1S/C28H32N2O4/c1-16(21-12-17-9-10-18(21)11-17)29-28(31)22-15-24(30-23-8-6-5-7-20(22)23)19-13-25(32-2)27(34-4)26(14-19)33-3/h5-8,13-18,21H,9-12H2,1-4H3,(H,29,31)/t16-,17-,18-,21+/m0/s1. The zero-order valence-corrected chi connectivity index (χ0v) is 20.3. The quantitative estimate of drug-likeness (QED) is 0.505. The topological polar surface area (TPSA) is 69.7 Å². The fraction of sp³-hybridized carbons (Fsp3) is 0.429. The van der Waals surface area contributed by atoms with Crippen LogP contribution >= 0.6 is 0 Å². The molecule has 2 aliphatic carbocycles. The van der Waals surface area contributed by atoms with Gasteiger partial charge in [-0.1, -0.05) is 24.6 Å². The van der Waals surface area contributed by atoms with Gasteiger partial charge in [0.15, 0.2) is 11.5 Å². The third-order valence-electron chi connectivity index (χ3n) is 7.72. The summed E-state index contributed by atoms with van der Waals surface area (Å²) in [5, 5.41) is 4.16. The van der Waals surface area contributed by atoms with Gasteiger partial charge in [0, 0.05) is 17.0 Å². The number of para-hydroxylation sites is 1. The van der Waals surface area contributed by atoms with Crippen LogP contribution < -0.4 is 19.5 Å². The highest BCUT2D eigenvalue weighted by atomic mass is 16.5. The van der Waals surface area contributed by atoms with Crippen LogP contribution in [0.4, 0.5) is 0 Å². The van der Waals surface area contributed by atoms with E-state index in [2.05, 4.69) is 12.2 Å². The highest BCUT2D eigenvalue weighted by molar-refractivity contribution is 6.07. The van der Waals surface area contributed by atoms with Crippen LogP contribution in [0.25, 0.3) is 22.2 Å². The Morgan fingerprint density at radius 3 is 2.35 bits per heavy atom. The van der Waals surface area contributed by atoms with Crippen LogP contribution in [0.1, 0.15) is 43.0 Å². The van der Waals surface area contributed by atoms with Gasteiger partial charge in [-0.05, 0) is 68.2 Å². The maximum atomic E-state index is 13.6.